The molecule has 0 atom stereocenters. The molecule has 0 bridgehead atoms. The highest BCUT2D eigenvalue weighted by molar-refractivity contribution is 9.10. The van der Waals surface area contributed by atoms with E-state index in [1.54, 1.807) is 48.0 Å². The van der Waals surface area contributed by atoms with Gasteiger partial charge in [-0.2, -0.15) is 0 Å². The first kappa shape index (κ1) is 23.2. The molecule has 154 valence electrons. The van der Waals surface area contributed by atoms with E-state index in [0.717, 1.165) is 0 Å². The molecule has 0 amide bonds. The van der Waals surface area contributed by atoms with E-state index >= 15 is 0 Å². The number of carboxylic acids is 1. The first-order valence-corrected chi connectivity index (χ1v) is 9.61. The zero-order chi connectivity index (χ0) is 20.4. The molecule has 3 rings (SSSR count). The summed E-state index contributed by atoms with van der Waals surface area (Å²) >= 11 is 9.46. The molecule has 0 aliphatic heterocycles. The van der Waals surface area contributed by atoms with Gasteiger partial charge < -0.3 is 15.2 Å². The lowest BCUT2D eigenvalue weighted by atomic mass is 10.1. The predicted molar refractivity (Wildman–Crippen MR) is 119 cm³/mol. The molecular formula is C20H19BrCl2N2O4. The number of aliphatic carboxylic acids is 1. The lowest BCUT2D eigenvalue weighted by Gasteiger charge is -2.11. The van der Waals surface area contributed by atoms with Crippen molar-refractivity contribution in [3.8, 4) is 5.75 Å². The van der Waals surface area contributed by atoms with Gasteiger partial charge in [0.1, 0.15) is 5.75 Å². The van der Waals surface area contributed by atoms with Crippen LogP contribution in [0.4, 0.5) is 0 Å². The monoisotopic (exact) mass is 500 g/mol. The minimum Gasteiger partial charge on any atom is -0.496 e. The summed E-state index contributed by atoms with van der Waals surface area (Å²) in [7, 11) is 3.28. The molecule has 0 aliphatic carbocycles. The van der Waals surface area contributed by atoms with Crippen molar-refractivity contribution in [2.75, 3.05) is 14.2 Å². The second-order valence-corrected chi connectivity index (χ2v) is 7.38. The summed E-state index contributed by atoms with van der Waals surface area (Å²) in [6.07, 6.45) is -0.222. The number of aromatic nitrogens is 1. The maximum absolute atomic E-state index is 13.3. The molecule has 9 heteroatoms. The van der Waals surface area contributed by atoms with Crippen LogP contribution in [-0.2, 0) is 17.8 Å². The van der Waals surface area contributed by atoms with Crippen LogP contribution in [0, 0.1) is 0 Å². The molecule has 0 fully saturated rings. The summed E-state index contributed by atoms with van der Waals surface area (Å²) in [6, 6.07) is 10.1. The number of hydrogen-bond donors (Lipinski definition) is 2. The molecule has 0 spiro atoms. The van der Waals surface area contributed by atoms with Gasteiger partial charge in [0.25, 0.3) is 5.91 Å². The Bertz CT molecular complexity index is 1060. The van der Waals surface area contributed by atoms with Crippen LogP contribution in [0.25, 0.3) is 10.9 Å². The second kappa shape index (κ2) is 9.63. The van der Waals surface area contributed by atoms with Gasteiger partial charge in [-0.15, -0.1) is 12.4 Å². The fraction of sp³-hybridized carbons (Fsp3) is 0.200. The topological polar surface area (TPSA) is 80.6 Å². The molecule has 29 heavy (non-hydrogen) atoms. The zero-order valence-corrected chi connectivity index (χ0v) is 18.8. The van der Waals surface area contributed by atoms with Crippen molar-refractivity contribution < 1.29 is 19.4 Å². The smallest absolute Gasteiger partial charge is 0.307 e. The summed E-state index contributed by atoms with van der Waals surface area (Å²) in [5.74, 6) is -0.683. The van der Waals surface area contributed by atoms with Crippen molar-refractivity contribution in [1.29, 1.82) is 0 Å². The van der Waals surface area contributed by atoms with E-state index in [4.69, 9.17) is 16.3 Å². The van der Waals surface area contributed by atoms with Gasteiger partial charge in [-0.1, -0.05) is 11.6 Å². The Morgan fingerprint density at radius 1 is 1.21 bits per heavy atom. The Balaban J connectivity index is 0.00000300. The number of carboxylic acid groups (broad SMARTS) is 1. The SMILES string of the molecule is CNCc1c(CC(=O)O)c2c(Br)c(OC)ccc2n1C(=O)c1ccc(Cl)cc1.Cl. The summed E-state index contributed by atoms with van der Waals surface area (Å²) in [5, 5.41) is 13.7. The average molecular weight is 502 g/mol. The van der Waals surface area contributed by atoms with E-state index < -0.39 is 5.97 Å². The molecule has 0 aliphatic rings. The number of carbonyl (C=O) groups is 2. The minimum atomic E-state index is -0.981. The molecule has 6 nitrogen and oxygen atoms in total. The average Bonchev–Trinajstić information content (AvgIpc) is 2.96. The number of halogens is 3. The highest BCUT2D eigenvalue weighted by Crippen LogP contribution is 2.39. The largest absolute Gasteiger partial charge is 0.496 e. The molecule has 1 heterocycles. The normalized spacial score (nSPS) is 10.6. The Labute approximate surface area is 187 Å². The third kappa shape index (κ3) is 4.43. The van der Waals surface area contributed by atoms with Crippen molar-refractivity contribution in [3.63, 3.8) is 0 Å². The Morgan fingerprint density at radius 3 is 2.41 bits per heavy atom. The molecule has 2 aromatic carbocycles. The molecule has 0 saturated heterocycles. The van der Waals surface area contributed by atoms with E-state index in [2.05, 4.69) is 21.2 Å². The number of methoxy groups -OCH3 is 1. The van der Waals surface area contributed by atoms with E-state index in [1.807, 2.05) is 0 Å². The van der Waals surface area contributed by atoms with Gasteiger partial charge in [0.2, 0.25) is 0 Å². The lowest BCUT2D eigenvalue weighted by molar-refractivity contribution is -0.136. The zero-order valence-electron chi connectivity index (χ0n) is 15.7. The standard InChI is InChI=1S/C20H18BrClN2O4.ClH/c1-23-10-15-13(9-17(25)26)18-14(7-8-16(28-2)19(18)21)24(15)20(27)11-3-5-12(22)6-4-11;/h3-8,23H,9-10H2,1-2H3,(H,25,26);1H. The van der Waals surface area contributed by atoms with Crippen molar-refractivity contribution in [1.82, 2.24) is 9.88 Å². The van der Waals surface area contributed by atoms with Crippen LogP contribution in [0.1, 0.15) is 21.6 Å². The maximum Gasteiger partial charge on any atom is 0.307 e. The fourth-order valence-corrected chi connectivity index (χ4v) is 4.11. The number of ether oxygens (including phenoxy) is 1. The number of hydrogen-bond acceptors (Lipinski definition) is 4. The van der Waals surface area contributed by atoms with Gasteiger partial charge in [-0.25, -0.2) is 0 Å². The Morgan fingerprint density at radius 2 is 1.86 bits per heavy atom. The maximum atomic E-state index is 13.3. The van der Waals surface area contributed by atoms with Crippen LogP contribution in [0.15, 0.2) is 40.9 Å². The summed E-state index contributed by atoms with van der Waals surface area (Å²) in [6.45, 7) is 0.325. The predicted octanol–water partition coefficient (Wildman–Crippen LogP) is 4.52. The second-order valence-electron chi connectivity index (χ2n) is 6.15. The number of carbonyl (C=O) groups excluding carboxylic acids is 1. The van der Waals surface area contributed by atoms with Crippen molar-refractivity contribution in [3.05, 3.63) is 62.7 Å². The van der Waals surface area contributed by atoms with Gasteiger partial charge in [-0.3, -0.25) is 14.2 Å². The van der Waals surface area contributed by atoms with Crippen LogP contribution in [0.2, 0.25) is 5.02 Å². The van der Waals surface area contributed by atoms with Crippen LogP contribution in [0.5, 0.6) is 5.75 Å². The third-order valence-corrected chi connectivity index (χ3v) is 5.47. The molecule has 0 unspecified atom stereocenters. The Kier molecular flexibility index (Phi) is 7.71. The van der Waals surface area contributed by atoms with E-state index in [-0.39, 0.29) is 24.7 Å². The molecule has 2 N–H and O–H groups in total. The summed E-state index contributed by atoms with van der Waals surface area (Å²) < 4.78 is 7.53. The first-order chi connectivity index (χ1) is 13.4. The highest BCUT2D eigenvalue weighted by atomic mass is 79.9. The van der Waals surface area contributed by atoms with Gasteiger partial charge in [0.05, 0.1) is 23.5 Å². The van der Waals surface area contributed by atoms with Crippen LogP contribution in [-0.4, -0.2) is 35.7 Å². The van der Waals surface area contributed by atoms with Crippen LogP contribution in [0.3, 0.4) is 0 Å². The number of benzene rings is 2. The molecule has 1 aromatic heterocycles. The minimum absolute atomic E-state index is 0. The van der Waals surface area contributed by atoms with Gasteiger partial charge in [0.15, 0.2) is 0 Å². The summed E-state index contributed by atoms with van der Waals surface area (Å²) in [5.41, 5.74) is 2.21. The Hall–Kier alpha value is -2.06. The highest BCUT2D eigenvalue weighted by Gasteiger charge is 2.26. The first-order valence-electron chi connectivity index (χ1n) is 8.44. The van der Waals surface area contributed by atoms with Crippen molar-refractivity contribution in [2.24, 2.45) is 0 Å². The van der Waals surface area contributed by atoms with E-state index in [0.29, 0.717) is 49.5 Å². The quantitative estimate of drug-likeness (QED) is 0.519. The number of fused-ring (bicyclic) bond motifs is 1. The summed E-state index contributed by atoms with van der Waals surface area (Å²) in [4.78, 5) is 24.9. The number of nitrogens with zero attached hydrogens (tertiary/aromatic N) is 1. The van der Waals surface area contributed by atoms with Gasteiger partial charge in [-0.05, 0) is 64.9 Å². The van der Waals surface area contributed by atoms with Gasteiger partial charge >= 0.3 is 5.97 Å². The van der Waals surface area contributed by atoms with Crippen molar-refractivity contribution in [2.45, 2.75) is 13.0 Å². The molecule has 0 radical (unpaired) electrons. The van der Waals surface area contributed by atoms with Crippen molar-refractivity contribution >= 4 is 62.7 Å². The van der Waals surface area contributed by atoms with E-state index in [1.165, 1.54) is 7.11 Å². The third-order valence-electron chi connectivity index (χ3n) is 4.43. The fourth-order valence-electron chi connectivity index (χ4n) is 3.25. The lowest BCUT2D eigenvalue weighted by Crippen LogP contribution is -2.20. The molecule has 3 aromatic rings. The number of nitrogens with one attached hydrogen (secondary N) is 1. The molecular weight excluding hydrogens is 483 g/mol. The van der Waals surface area contributed by atoms with Gasteiger partial charge in [0, 0.05) is 28.2 Å². The number of rotatable bonds is 6. The van der Waals surface area contributed by atoms with Crippen LogP contribution >= 0.6 is 39.9 Å². The van der Waals surface area contributed by atoms with Crippen LogP contribution < -0.4 is 10.1 Å². The van der Waals surface area contributed by atoms with E-state index in [9.17, 15) is 14.7 Å². The molecule has 0 saturated carbocycles.